The minimum atomic E-state index is -1.05. The molecule has 1 rings (SSSR count). The van der Waals surface area contributed by atoms with Crippen LogP contribution in [0.15, 0.2) is 0 Å². The second kappa shape index (κ2) is 17.3. The Morgan fingerprint density at radius 1 is 0.447 bits per heavy atom. The third kappa shape index (κ3) is 11.6. The molecule has 14 nitrogen and oxygen atoms in total. The number of ether oxygens (including phenoxy) is 2. The van der Waals surface area contributed by atoms with Crippen molar-refractivity contribution in [1.82, 2.24) is 19.6 Å². The largest absolute Gasteiger partial charge is 0.480 e. The van der Waals surface area contributed by atoms with Crippen LogP contribution in [0.4, 0.5) is 0 Å². The highest BCUT2D eigenvalue weighted by atomic mass is 16.5. The van der Waals surface area contributed by atoms with Crippen LogP contribution in [0.5, 0.6) is 0 Å². The second-order valence-electron chi connectivity index (χ2n) is 9.43. The third-order valence-corrected chi connectivity index (χ3v) is 7.06. The number of carboxylic acid groups (broad SMARTS) is 4. The SMILES string of the molecule is CC(C(=O)O)N1CCOCCOCCN(C(C)C(=O)O)CCN(C(C)C(=O)O)CCN(C(C)C(=O)O)CC1. The van der Waals surface area contributed by atoms with Gasteiger partial charge in [-0.05, 0) is 27.7 Å². The molecular weight excluding hydrogens is 504 g/mol. The fraction of sp³-hybridized carbons (Fsp3) is 0.833. The van der Waals surface area contributed by atoms with Gasteiger partial charge in [0.1, 0.15) is 24.2 Å². The van der Waals surface area contributed by atoms with E-state index in [2.05, 4.69) is 0 Å². The summed E-state index contributed by atoms with van der Waals surface area (Å²) in [5, 5.41) is 38.4. The van der Waals surface area contributed by atoms with Gasteiger partial charge in [0.05, 0.1) is 26.4 Å². The highest BCUT2D eigenvalue weighted by Crippen LogP contribution is 2.09. The van der Waals surface area contributed by atoms with Crippen LogP contribution >= 0.6 is 0 Å². The minimum absolute atomic E-state index is 0.217. The van der Waals surface area contributed by atoms with Crippen molar-refractivity contribution in [3.63, 3.8) is 0 Å². The molecule has 220 valence electrons. The van der Waals surface area contributed by atoms with Gasteiger partial charge in [-0.2, -0.15) is 0 Å². The molecule has 0 spiro atoms. The molecule has 0 bridgehead atoms. The molecule has 0 saturated carbocycles. The summed E-state index contributed by atoms with van der Waals surface area (Å²) in [5.41, 5.74) is 0. The molecule has 4 N–H and O–H groups in total. The van der Waals surface area contributed by atoms with E-state index in [1.807, 2.05) is 0 Å². The van der Waals surface area contributed by atoms with E-state index in [4.69, 9.17) is 9.47 Å². The summed E-state index contributed by atoms with van der Waals surface area (Å²) in [4.78, 5) is 53.7. The normalized spacial score (nSPS) is 22.8. The van der Waals surface area contributed by atoms with E-state index in [1.54, 1.807) is 33.4 Å². The van der Waals surface area contributed by atoms with E-state index < -0.39 is 48.0 Å². The Morgan fingerprint density at radius 2 is 0.658 bits per heavy atom. The first-order valence-corrected chi connectivity index (χ1v) is 12.9. The van der Waals surface area contributed by atoms with Gasteiger partial charge in [0.2, 0.25) is 0 Å². The van der Waals surface area contributed by atoms with Crippen LogP contribution in [0.3, 0.4) is 0 Å². The molecule has 0 aliphatic carbocycles. The Balaban J connectivity index is 3.18. The summed E-state index contributed by atoms with van der Waals surface area (Å²) in [5.74, 6) is -4.11. The van der Waals surface area contributed by atoms with Crippen molar-refractivity contribution in [2.75, 3.05) is 78.8 Å². The zero-order valence-electron chi connectivity index (χ0n) is 22.8. The van der Waals surface area contributed by atoms with Gasteiger partial charge in [-0.3, -0.25) is 38.8 Å². The molecule has 38 heavy (non-hydrogen) atoms. The average Bonchev–Trinajstić information content (AvgIpc) is 2.86. The molecular formula is C24H44N4O10. The van der Waals surface area contributed by atoms with Crippen molar-refractivity contribution in [2.45, 2.75) is 51.9 Å². The zero-order chi connectivity index (χ0) is 28.8. The van der Waals surface area contributed by atoms with Crippen LogP contribution in [-0.2, 0) is 28.7 Å². The molecule has 0 aromatic carbocycles. The van der Waals surface area contributed by atoms with Gasteiger partial charge in [0.25, 0.3) is 0 Å². The Hall–Kier alpha value is -2.36. The standard InChI is InChI=1S/C24H44N4O10/c1-17(21(29)30)25-5-6-26(18(2)22(31)32)8-10-28(20(4)24(35)36)12-14-38-16-15-37-13-11-27(9-7-25)19(3)23(33)34/h17-20H,5-16H2,1-4H3,(H,29,30)(H,31,32)(H,33,34)(H,35,36). The van der Waals surface area contributed by atoms with Gasteiger partial charge in [0, 0.05) is 52.4 Å². The first kappa shape index (κ1) is 33.7. The Morgan fingerprint density at radius 3 is 0.868 bits per heavy atom. The predicted octanol–water partition coefficient (Wildman–Crippen LogP) is -0.866. The number of hydrogen-bond donors (Lipinski definition) is 4. The van der Waals surface area contributed by atoms with E-state index in [0.717, 1.165) is 0 Å². The number of carbonyl (C=O) groups is 4. The molecule has 1 saturated heterocycles. The molecule has 1 heterocycles. The highest BCUT2D eigenvalue weighted by Gasteiger charge is 2.28. The van der Waals surface area contributed by atoms with Gasteiger partial charge in [0.15, 0.2) is 0 Å². The summed E-state index contributed by atoms with van der Waals surface area (Å²) in [6.45, 7) is 9.31. The second-order valence-corrected chi connectivity index (χ2v) is 9.43. The fourth-order valence-corrected chi connectivity index (χ4v) is 4.08. The van der Waals surface area contributed by atoms with Gasteiger partial charge < -0.3 is 29.9 Å². The van der Waals surface area contributed by atoms with Crippen molar-refractivity contribution in [2.24, 2.45) is 0 Å². The fourth-order valence-electron chi connectivity index (χ4n) is 4.08. The van der Waals surface area contributed by atoms with Crippen molar-refractivity contribution >= 4 is 23.9 Å². The molecule has 1 fully saturated rings. The van der Waals surface area contributed by atoms with Gasteiger partial charge in [-0.25, -0.2) is 0 Å². The zero-order valence-corrected chi connectivity index (χ0v) is 22.8. The van der Waals surface area contributed by atoms with Crippen molar-refractivity contribution in [3.05, 3.63) is 0 Å². The van der Waals surface area contributed by atoms with Crippen molar-refractivity contribution < 1.29 is 49.1 Å². The van der Waals surface area contributed by atoms with Crippen LogP contribution in [0.25, 0.3) is 0 Å². The van der Waals surface area contributed by atoms with E-state index in [-0.39, 0.29) is 65.7 Å². The number of aliphatic carboxylic acids is 4. The number of nitrogens with zero attached hydrogens (tertiary/aromatic N) is 4. The topological polar surface area (TPSA) is 181 Å². The maximum atomic E-state index is 11.8. The van der Waals surface area contributed by atoms with Crippen molar-refractivity contribution in [1.29, 1.82) is 0 Å². The third-order valence-electron chi connectivity index (χ3n) is 7.06. The van der Waals surface area contributed by atoms with Gasteiger partial charge >= 0.3 is 23.9 Å². The minimum Gasteiger partial charge on any atom is -0.480 e. The number of rotatable bonds is 8. The molecule has 0 radical (unpaired) electrons. The Kier molecular flexibility index (Phi) is 15.3. The first-order chi connectivity index (χ1) is 17.9. The lowest BCUT2D eigenvalue weighted by Gasteiger charge is -2.35. The molecule has 4 unspecified atom stereocenters. The molecule has 14 heteroatoms. The first-order valence-electron chi connectivity index (χ1n) is 12.9. The average molecular weight is 549 g/mol. The Bertz CT molecular complexity index is 708. The summed E-state index contributed by atoms with van der Waals surface area (Å²) in [7, 11) is 0. The highest BCUT2D eigenvalue weighted by molar-refractivity contribution is 5.74. The van der Waals surface area contributed by atoms with E-state index in [0.29, 0.717) is 13.1 Å². The van der Waals surface area contributed by atoms with Crippen LogP contribution < -0.4 is 0 Å². The lowest BCUT2D eigenvalue weighted by Crippen LogP contribution is -2.52. The van der Waals surface area contributed by atoms with Crippen molar-refractivity contribution in [3.8, 4) is 0 Å². The lowest BCUT2D eigenvalue weighted by molar-refractivity contribution is -0.146. The monoisotopic (exact) mass is 548 g/mol. The van der Waals surface area contributed by atoms with Gasteiger partial charge in [-0.1, -0.05) is 0 Å². The summed E-state index contributed by atoms with van der Waals surface area (Å²) >= 11 is 0. The predicted molar refractivity (Wildman–Crippen MR) is 136 cm³/mol. The Labute approximate surface area is 223 Å². The number of hydrogen-bond acceptors (Lipinski definition) is 10. The maximum Gasteiger partial charge on any atom is 0.320 e. The van der Waals surface area contributed by atoms with Crippen LogP contribution in [0, 0.1) is 0 Å². The van der Waals surface area contributed by atoms with E-state index >= 15 is 0 Å². The maximum absolute atomic E-state index is 11.8. The molecule has 1 aliphatic rings. The smallest absolute Gasteiger partial charge is 0.320 e. The molecule has 0 amide bonds. The van der Waals surface area contributed by atoms with Crippen LogP contribution in [-0.4, -0.2) is 167 Å². The quantitative estimate of drug-likeness (QED) is 0.294. The molecule has 0 aromatic heterocycles. The lowest BCUT2D eigenvalue weighted by atomic mass is 10.2. The van der Waals surface area contributed by atoms with E-state index in [1.165, 1.54) is 13.8 Å². The van der Waals surface area contributed by atoms with Crippen LogP contribution in [0.2, 0.25) is 0 Å². The van der Waals surface area contributed by atoms with E-state index in [9.17, 15) is 39.6 Å². The molecule has 1 aliphatic heterocycles. The molecule has 0 aromatic rings. The summed E-state index contributed by atoms with van der Waals surface area (Å²) in [6.07, 6.45) is 0. The molecule has 4 atom stereocenters. The summed E-state index contributed by atoms with van der Waals surface area (Å²) in [6, 6.07) is -3.40. The van der Waals surface area contributed by atoms with Gasteiger partial charge in [-0.15, -0.1) is 0 Å². The van der Waals surface area contributed by atoms with Crippen LogP contribution in [0.1, 0.15) is 27.7 Å². The number of carboxylic acids is 4. The summed E-state index contributed by atoms with van der Waals surface area (Å²) < 4.78 is 11.2.